The van der Waals surface area contributed by atoms with Crippen LogP contribution in [0.3, 0.4) is 0 Å². The number of aryl methyl sites for hydroxylation is 1. The molecule has 0 radical (unpaired) electrons. The quantitative estimate of drug-likeness (QED) is 0.664. The highest BCUT2D eigenvalue weighted by atomic mass is 35.5. The Kier molecular flexibility index (Phi) is 3.13. The second kappa shape index (κ2) is 4.82. The van der Waals surface area contributed by atoms with E-state index in [1.807, 2.05) is 29.5 Å². The van der Waals surface area contributed by atoms with E-state index in [9.17, 15) is 5.26 Å². The first-order valence-corrected chi connectivity index (χ1v) is 6.71. The van der Waals surface area contributed by atoms with Gasteiger partial charge in [0.05, 0.1) is 5.02 Å². The van der Waals surface area contributed by atoms with Crippen LogP contribution in [-0.4, -0.2) is 9.38 Å². The second-order valence-corrected chi connectivity index (χ2v) is 5.25. The molecular weight excluding hydrogens is 293 g/mol. The molecule has 5 heteroatoms. The van der Waals surface area contributed by atoms with Crippen LogP contribution >= 0.6 is 23.2 Å². The molecule has 0 fully saturated rings. The lowest BCUT2D eigenvalue weighted by Gasteiger charge is -2.02. The summed E-state index contributed by atoms with van der Waals surface area (Å²) in [6.07, 6.45) is 0. The number of pyridine rings is 1. The van der Waals surface area contributed by atoms with Gasteiger partial charge in [0, 0.05) is 16.3 Å². The van der Waals surface area contributed by atoms with Crippen LogP contribution < -0.4 is 0 Å². The number of hydrogen-bond acceptors (Lipinski definition) is 2. The van der Waals surface area contributed by atoms with Crippen molar-refractivity contribution in [3.63, 3.8) is 0 Å². The van der Waals surface area contributed by atoms with Gasteiger partial charge in [-0.05, 0) is 37.3 Å². The zero-order chi connectivity index (χ0) is 14.3. The van der Waals surface area contributed by atoms with Crippen molar-refractivity contribution >= 4 is 28.8 Å². The molecule has 20 heavy (non-hydrogen) atoms. The molecule has 3 nitrogen and oxygen atoms in total. The zero-order valence-electron chi connectivity index (χ0n) is 10.6. The first kappa shape index (κ1) is 13.0. The molecule has 0 aliphatic heterocycles. The highest BCUT2D eigenvalue weighted by molar-refractivity contribution is 6.36. The molecular formula is C15H9Cl2N3. The fourth-order valence-corrected chi connectivity index (χ4v) is 2.73. The van der Waals surface area contributed by atoms with Gasteiger partial charge in [-0.3, -0.25) is 4.40 Å². The van der Waals surface area contributed by atoms with E-state index in [1.54, 1.807) is 18.2 Å². The number of imidazole rings is 1. The SMILES string of the molecule is Cc1cccc2nc(-c3ccc(Cl)cc3Cl)c(C#N)n12. The van der Waals surface area contributed by atoms with Gasteiger partial charge in [0.25, 0.3) is 0 Å². The summed E-state index contributed by atoms with van der Waals surface area (Å²) in [4.78, 5) is 4.52. The van der Waals surface area contributed by atoms with Gasteiger partial charge in [0.15, 0.2) is 5.69 Å². The number of rotatable bonds is 1. The monoisotopic (exact) mass is 301 g/mol. The smallest absolute Gasteiger partial charge is 0.152 e. The van der Waals surface area contributed by atoms with Gasteiger partial charge in [-0.15, -0.1) is 0 Å². The van der Waals surface area contributed by atoms with Gasteiger partial charge < -0.3 is 0 Å². The van der Waals surface area contributed by atoms with Crippen LogP contribution in [0.5, 0.6) is 0 Å². The number of nitriles is 1. The number of fused-ring (bicyclic) bond motifs is 1. The molecule has 98 valence electrons. The van der Waals surface area contributed by atoms with Crippen molar-refractivity contribution in [1.29, 1.82) is 5.26 Å². The van der Waals surface area contributed by atoms with Crippen molar-refractivity contribution < 1.29 is 0 Å². The van der Waals surface area contributed by atoms with Crippen LogP contribution in [0.15, 0.2) is 36.4 Å². The summed E-state index contributed by atoms with van der Waals surface area (Å²) in [5, 5.41) is 10.5. The first-order valence-electron chi connectivity index (χ1n) is 5.95. The molecule has 0 spiro atoms. The van der Waals surface area contributed by atoms with Crippen molar-refractivity contribution in [3.8, 4) is 17.3 Å². The third-order valence-corrected chi connectivity index (χ3v) is 3.68. The third kappa shape index (κ3) is 1.94. The van der Waals surface area contributed by atoms with Gasteiger partial charge in [0.1, 0.15) is 17.4 Å². The van der Waals surface area contributed by atoms with E-state index in [-0.39, 0.29) is 0 Å². The van der Waals surface area contributed by atoms with Crippen molar-refractivity contribution in [2.24, 2.45) is 0 Å². The molecule has 0 atom stereocenters. The van der Waals surface area contributed by atoms with Crippen molar-refractivity contribution in [2.75, 3.05) is 0 Å². The fraction of sp³-hybridized carbons (Fsp3) is 0.0667. The van der Waals surface area contributed by atoms with E-state index in [4.69, 9.17) is 23.2 Å². The molecule has 0 bridgehead atoms. The van der Waals surface area contributed by atoms with E-state index in [0.717, 1.165) is 11.3 Å². The molecule has 2 heterocycles. The van der Waals surface area contributed by atoms with E-state index >= 15 is 0 Å². The first-order chi connectivity index (χ1) is 9.61. The van der Waals surface area contributed by atoms with Gasteiger partial charge in [-0.2, -0.15) is 5.26 Å². The maximum absolute atomic E-state index is 9.46. The van der Waals surface area contributed by atoms with Crippen molar-refractivity contribution in [1.82, 2.24) is 9.38 Å². The molecule has 0 aliphatic carbocycles. The summed E-state index contributed by atoms with van der Waals surface area (Å²) in [7, 11) is 0. The zero-order valence-corrected chi connectivity index (χ0v) is 12.1. The van der Waals surface area contributed by atoms with Crippen LogP contribution in [-0.2, 0) is 0 Å². The Bertz CT molecular complexity index is 859. The Morgan fingerprint density at radius 2 is 2.00 bits per heavy atom. The van der Waals surface area contributed by atoms with Crippen molar-refractivity contribution in [2.45, 2.75) is 6.92 Å². The summed E-state index contributed by atoms with van der Waals surface area (Å²) in [6.45, 7) is 1.93. The normalized spacial score (nSPS) is 10.7. The lowest BCUT2D eigenvalue weighted by molar-refractivity contribution is 1.07. The predicted molar refractivity (Wildman–Crippen MR) is 80.1 cm³/mol. The van der Waals surface area contributed by atoms with E-state index in [0.29, 0.717) is 27.0 Å². The Balaban J connectivity index is 2.37. The Hall–Kier alpha value is -2.02. The maximum atomic E-state index is 9.46. The lowest BCUT2D eigenvalue weighted by Crippen LogP contribution is -1.93. The Labute approximate surface area is 126 Å². The number of hydrogen-bond donors (Lipinski definition) is 0. The molecule has 0 saturated heterocycles. The average Bonchev–Trinajstić information content (AvgIpc) is 2.78. The summed E-state index contributed by atoms with van der Waals surface area (Å²) in [5.41, 5.74) is 3.42. The van der Waals surface area contributed by atoms with E-state index < -0.39 is 0 Å². The van der Waals surface area contributed by atoms with Crippen LogP contribution in [0.1, 0.15) is 11.4 Å². The number of benzene rings is 1. The van der Waals surface area contributed by atoms with Gasteiger partial charge in [0.2, 0.25) is 0 Å². The maximum Gasteiger partial charge on any atom is 0.152 e. The molecule has 0 aliphatic rings. The van der Waals surface area contributed by atoms with E-state index in [2.05, 4.69) is 11.1 Å². The highest BCUT2D eigenvalue weighted by Gasteiger charge is 2.17. The van der Waals surface area contributed by atoms with E-state index in [1.165, 1.54) is 0 Å². The Morgan fingerprint density at radius 1 is 1.20 bits per heavy atom. The van der Waals surface area contributed by atoms with Crippen molar-refractivity contribution in [3.05, 3.63) is 57.8 Å². The standard InChI is InChI=1S/C15H9Cl2N3/c1-9-3-2-4-14-19-15(13(8-18)20(9)14)11-6-5-10(16)7-12(11)17/h2-7H,1H3. The number of aromatic nitrogens is 2. The molecule has 0 N–H and O–H groups in total. The minimum atomic E-state index is 0.474. The largest absolute Gasteiger partial charge is 0.288 e. The fourth-order valence-electron chi connectivity index (χ4n) is 2.23. The average molecular weight is 302 g/mol. The van der Waals surface area contributed by atoms with Crippen LogP contribution in [0.2, 0.25) is 10.0 Å². The summed E-state index contributed by atoms with van der Waals surface area (Å²) >= 11 is 12.1. The molecule has 3 rings (SSSR count). The minimum absolute atomic E-state index is 0.474. The summed E-state index contributed by atoms with van der Waals surface area (Å²) in [5.74, 6) is 0. The lowest BCUT2D eigenvalue weighted by atomic mass is 10.1. The Morgan fingerprint density at radius 3 is 2.70 bits per heavy atom. The summed E-state index contributed by atoms with van der Waals surface area (Å²) < 4.78 is 1.82. The highest BCUT2D eigenvalue weighted by Crippen LogP contribution is 2.32. The molecule has 0 amide bonds. The van der Waals surface area contributed by atoms with Gasteiger partial charge in [-0.25, -0.2) is 4.98 Å². The molecule has 0 unspecified atom stereocenters. The minimum Gasteiger partial charge on any atom is -0.288 e. The molecule has 3 aromatic rings. The number of halogens is 2. The second-order valence-electron chi connectivity index (χ2n) is 4.41. The predicted octanol–water partition coefficient (Wildman–Crippen LogP) is 4.49. The number of nitrogens with zero attached hydrogens (tertiary/aromatic N) is 3. The topological polar surface area (TPSA) is 41.1 Å². The molecule has 1 aromatic carbocycles. The van der Waals surface area contributed by atoms with Gasteiger partial charge >= 0.3 is 0 Å². The van der Waals surface area contributed by atoms with Crippen LogP contribution in [0, 0.1) is 18.3 Å². The summed E-state index contributed by atoms with van der Waals surface area (Å²) in [6, 6.07) is 13.1. The van der Waals surface area contributed by atoms with Gasteiger partial charge in [-0.1, -0.05) is 29.3 Å². The molecule has 0 saturated carbocycles. The van der Waals surface area contributed by atoms with Crippen LogP contribution in [0.25, 0.3) is 16.9 Å². The third-order valence-electron chi connectivity index (χ3n) is 3.13. The molecule has 2 aromatic heterocycles. The van der Waals surface area contributed by atoms with Crippen LogP contribution in [0.4, 0.5) is 0 Å².